The van der Waals surface area contributed by atoms with Crippen LogP contribution in [0.15, 0.2) is 11.6 Å². The molecule has 0 bridgehead atoms. The van der Waals surface area contributed by atoms with Gasteiger partial charge in [0.1, 0.15) is 0 Å². The normalized spacial score (nSPS) is 21.1. The van der Waals surface area contributed by atoms with Crippen LogP contribution in [0.1, 0.15) is 26.2 Å². The van der Waals surface area contributed by atoms with E-state index in [0.29, 0.717) is 6.04 Å². The van der Waals surface area contributed by atoms with E-state index in [-0.39, 0.29) is 0 Å². The number of nitrogens with one attached hydrogen (secondary N) is 1. The summed E-state index contributed by atoms with van der Waals surface area (Å²) in [4.78, 5) is 0. The Hall–Kier alpha value is -0.340. The summed E-state index contributed by atoms with van der Waals surface area (Å²) in [5.41, 5.74) is 7.25. The molecule has 0 fully saturated rings. The van der Waals surface area contributed by atoms with E-state index in [4.69, 9.17) is 5.73 Å². The Kier molecular flexibility index (Phi) is 3.60. The average Bonchev–Trinajstić information content (AvgIpc) is 2.03. The molecule has 1 atom stereocenters. The van der Waals surface area contributed by atoms with E-state index in [1.807, 2.05) is 0 Å². The molecule has 0 aromatic heterocycles. The van der Waals surface area contributed by atoms with Gasteiger partial charge in [-0.05, 0) is 32.7 Å². The van der Waals surface area contributed by atoms with Gasteiger partial charge in [0.15, 0.2) is 0 Å². The number of hydrogen-bond donors (Lipinski definition) is 2. The highest BCUT2D eigenvalue weighted by molar-refractivity contribution is 5.06. The van der Waals surface area contributed by atoms with Crippen molar-refractivity contribution in [2.75, 3.05) is 13.1 Å². The zero-order valence-electron chi connectivity index (χ0n) is 7.27. The van der Waals surface area contributed by atoms with E-state index < -0.39 is 0 Å². The van der Waals surface area contributed by atoms with Crippen molar-refractivity contribution in [3.8, 4) is 0 Å². The SMILES string of the molecule is CC(N)CCC1=CCNCC1. The third-order valence-electron chi connectivity index (χ3n) is 2.08. The minimum absolute atomic E-state index is 0.353. The van der Waals surface area contributed by atoms with E-state index in [0.717, 1.165) is 19.5 Å². The summed E-state index contributed by atoms with van der Waals surface area (Å²) in [6.07, 6.45) is 5.84. The molecular weight excluding hydrogens is 136 g/mol. The molecule has 0 aromatic carbocycles. The smallest absolute Gasteiger partial charge is 0.0137 e. The molecule has 1 rings (SSSR count). The van der Waals surface area contributed by atoms with Crippen molar-refractivity contribution in [3.63, 3.8) is 0 Å². The van der Waals surface area contributed by atoms with Gasteiger partial charge in [0.05, 0.1) is 0 Å². The highest BCUT2D eigenvalue weighted by atomic mass is 14.8. The summed E-state index contributed by atoms with van der Waals surface area (Å²) >= 11 is 0. The highest BCUT2D eigenvalue weighted by Crippen LogP contribution is 2.12. The van der Waals surface area contributed by atoms with Crippen molar-refractivity contribution in [1.82, 2.24) is 5.32 Å². The molecule has 0 radical (unpaired) electrons. The van der Waals surface area contributed by atoms with Crippen LogP contribution in [-0.2, 0) is 0 Å². The Morgan fingerprint density at radius 3 is 3.09 bits per heavy atom. The van der Waals surface area contributed by atoms with Crippen molar-refractivity contribution in [1.29, 1.82) is 0 Å². The van der Waals surface area contributed by atoms with Gasteiger partial charge >= 0.3 is 0 Å². The van der Waals surface area contributed by atoms with Crippen molar-refractivity contribution >= 4 is 0 Å². The molecule has 0 aromatic rings. The fraction of sp³-hybridized carbons (Fsp3) is 0.778. The van der Waals surface area contributed by atoms with Gasteiger partial charge in [-0.3, -0.25) is 0 Å². The number of rotatable bonds is 3. The topological polar surface area (TPSA) is 38.0 Å². The molecule has 11 heavy (non-hydrogen) atoms. The lowest BCUT2D eigenvalue weighted by Gasteiger charge is -2.14. The van der Waals surface area contributed by atoms with Crippen molar-refractivity contribution < 1.29 is 0 Å². The Bertz CT molecular complexity index is 138. The average molecular weight is 154 g/mol. The minimum atomic E-state index is 0.353. The summed E-state index contributed by atoms with van der Waals surface area (Å²) in [7, 11) is 0. The third kappa shape index (κ3) is 3.54. The van der Waals surface area contributed by atoms with E-state index in [2.05, 4.69) is 18.3 Å². The van der Waals surface area contributed by atoms with Crippen molar-refractivity contribution in [3.05, 3.63) is 11.6 Å². The lowest BCUT2D eigenvalue weighted by molar-refractivity contribution is 0.620. The molecular formula is C9H18N2. The molecule has 0 aliphatic carbocycles. The summed E-state index contributed by atoms with van der Waals surface area (Å²) < 4.78 is 0. The van der Waals surface area contributed by atoms with Crippen LogP contribution in [0.3, 0.4) is 0 Å². The predicted octanol–water partition coefficient (Wildman–Crippen LogP) is 1.03. The van der Waals surface area contributed by atoms with Gasteiger partial charge < -0.3 is 11.1 Å². The van der Waals surface area contributed by atoms with Crippen LogP contribution >= 0.6 is 0 Å². The Morgan fingerprint density at radius 2 is 2.55 bits per heavy atom. The van der Waals surface area contributed by atoms with E-state index in [1.54, 1.807) is 5.57 Å². The van der Waals surface area contributed by atoms with E-state index in [9.17, 15) is 0 Å². The molecule has 1 aliphatic heterocycles. The van der Waals surface area contributed by atoms with Crippen LogP contribution in [0, 0.1) is 0 Å². The largest absolute Gasteiger partial charge is 0.328 e. The molecule has 3 N–H and O–H groups in total. The van der Waals surface area contributed by atoms with Gasteiger partial charge in [-0.2, -0.15) is 0 Å². The lowest BCUT2D eigenvalue weighted by atomic mass is 10.0. The summed E-state index contributed by atoms with van der Waals surface area (Å²) in [6.45, 7) is 4.26. The van der Waals surface area contributed by atoms with Crippen LogP contribution in [0.5, 0.6) is 0 Å². The highest BCUT2D eigenvalue weighted by Gasteiger charge is 2.03. The maximum Gasteiger partial charge on any atom is 0.0137 e. The molecule has 0 amide bonds. The summed E-state index contributed by atoms with van der Waals surface area (Å²) in [5.74, 6) is 0. The molecule has 1 aliphatic rings. The van der Waals surface area contributed by atoms with Gasteiger partial charge in [-0.15, -0.1) is 0 Å². The van der Waals surface area contributed by atoms with Crippen LogP contribution in [-0.4, -0.2) is 19.1 Å². The second-order valence-electron chi connectivity index (χ2n) is 3.33. The van der Waals surface area contributed by atoms with Gasteiger partial charge in [-0.1, -0.05) is 11.6 Å². The zero-order chi connectivity index (χ0) is 8.10. The van der Waals surface area contributed by atoms with Crippen molar-refractivity contribution in [2.45, 2.75) is 32.2 Å². The van der Waals surface area contributed by atoms with Crippen LogP contribution in [0.4, 0.5) is 0 Å². The lowest BCUT2D eigenvalue weighted by Crippen LogP contribution is -2.21. The first kappa shape index (κ1) is 8.75. The Balaban J connectivity index is 2.19. The predicted molar refractivity (Wildman–Crippen MR) is 48.5 cm³/mol. The first-order chi connectivity index (χ1) is 5.29. The molecule has 0 saturated heterocycles. The number of nitrogens with two attached hydrogens (primary N) is 1. The molecule has 64 valence electrons. The van der Waals surface area contributed by atoms with Gasteiger partial charge in [0.25, 0.3) is 0 Å². The summed E-state index contributed by atoms with van der Waals surface area (Å²) in [6, 6.07) is 0.353. The molecule has 1 unspecified atom stereocenters. The first-order valence-corrected chi connectivity index (χ1v) is 4.43. The zero-order valence-corrected chi connectivity index (χ0v) is 7.27. The fourth-order valence-electron chi connectivity index (χ4n) is 1.31. The second-order valence-corrected chi connectivity index (χ2v) is 3.33. The van der Waals surface area contributed by atoms with E-state index >= 15 is 0 Å². The van der Waals surface area contributed by atoms with E-state index in [1.165, 1.54) is 12.8 Å². The van der Waals surface area contributed by atoms with Crippen molar-refractivity contribution in [2.24, 2.45) is 5.73 Å². The maximum absolute atomic E-state index is 5.67. The van der Waals surface area contributed by atoms with Crippen LogP contribution in [0.25, 0.3) is 0 Å². The second kappa shape index (κ2) is 4.52. The maximum atomic E-state index is 5.67. The van der Waals surface area contributed by atoms with Crippen LogP contribution < -0.4 is 11.1 Å². The number of hydrogen-bond acceptors (Lipinski definition) is 2. The monoisotopic (exact) mass is 154 g/mol. The molecule has 0 spiro atoms. The van der Waals surface area contributed by atoms with Gasteiger partial charge in [-0.25, -0.2) is 0 Å². The van der Waals surface area contributed by atoms with Gasteiger partial charge in [0.2, 0.25) is 0 Å². The van der Waals surface area contributed by atoms with Gasteiger partial charge in [0, 0.05) is 12.6 Å². The minimum Gasteiger partial charge on any atom is -0.328 e. The summed E-state index contributed by atoms with van der Waals surface area (Å²) in [5, 5.41) is 3.29. The van der Waals surface area contributed by atoms with Crippen LogP contribution in [0.2, 0.25) is 0 Å². The molecule has 1 heterocycles. The quantitative estimate of drug-likeness (QED) is 0.596. The molecule has 2 heteroatoms. The third-order valence-corrected chi connectivity index (χ3v) is 2.08. The Morgan fingerprint density at radius 1 is 1.73 bits per heavy atom. The fourth-order valence-corrected chi connectivity index (χ4v) is 1.31. The first-order valence-electron chi connectivity index (χ1n) is 4.43. The standard InChI is InChI=1S/C9H18N2/c1-8(10)2-3-9-4-6-11-7-5-9/h4,8,11H,2-3,5-7,10H2,1H3. The molecule has 2 nitrogen and oxygen atoms in total. The Labute approximate surface area is 68.9 Å². The molecule has 0 saturated carbocycles.